The number of carbonyl (C=O) groups is 2. The van der Waals surface area contributed by atoms with Gasteiger partial charge >= 0.3 is 0 Å². The van der Waals surface area contributed by atoms with E-state index in [-0.39, 0.29) is 35.1 Å². The Bertz CT molecular complexity index is 1410. The number of likely N-dealkylation sites (N-methyl/N-ethyl adjacent to an activating group) is 1. The lowest BCUT2D eigenvalue weighted by Crippen LogP contribution is -2.51. The highest BCUT2D eigenvalue weighted by Crippen LogP contribution is 2.30. The maximum atomic E-state index is 13.3. The molecule has 0 spiro atoms. The van der Waals surface area contributed by atoms with E-state index in [1.165, 1.54) is 11.0 Å². The maximum Gasteiger partial charge on any atom is 0.264 e. The van der Waals surface area contributed by atoms with Crippen molar-refractivity contribution >= 4 is 27.7 Å². The zero-order valence-corrected chi connectivity index (χ0v) is 24.5. The zero-order valence-electron chi connectivity index (χ0n) is 23.7. The lowest BCUT2D eigenvalue weighted by molar-refractivity contribution is -0.147. The first-order chi connectivity index (χ1) is 18.4. The van der Waals surface area contributed by atoms with Crippen LogP contribution in [0, 0.1) is 19.8 Å². The lowest BCUT2D eigenvalue weighted by atomic mass is 9.98. The molecule has 3 aromatic rings. The summed E-state index contributed by atoms with van der Waals surface area (Å²) in [6.07, 6.45) is 1.03. The summed E-state index contributed by atoms with van der Waals surface area (Å²) >= 11 is 0. The van der Waals surface area contributed by atoms with Crippen LogP contribution in [0.15, 0.2) is 57.9 Å². The summed E-state index contributed by atoms with van der Waals surface area (Å²) in [4.78, 5) is 29.4. The molecule has 2 amide bonds. The third-order valence-corrected chi connectivity index (χ3v) is 8.01. The van der Waals surface area contributed by atoms with Crippen LogP contribution in [0.2, 0.25) is 0 Å². The van der Waals surface area contributed by atoms with Crippen LogP contribution in [0.1, 0.15) is 50.4 Å². The molecule has 210 valence electrons. The van der Waals surface area contributed by atoms with Crippen LogP contribution in [0.3, 0.4) is 0 Å². The number of aromatic nitrogens is 1. The monoisotopic (exact) mass is 554 g/mol. The van der Waals surface area contributed by atoms with Gasteiger partial charge in [0, 0.05) is 38.2 Å². The van der Waals surface area contributed by atoms with E-state index in [0.29, 0.717) is 35.2 Å². The molecule has 2 aromatic carbocycles. The van der Waals surface area contributed by atoms with E-state index in [1.807, 2.05) is 45.0 Å². The summed E-state index contributed by atoms with van der Waals surface area (Å²) < 4.78 is 34.2. The molecule has 0 radical (unpaired) electrons. The van der Waals surface area contributed by atoms with Gasteiger partial charge in [0.2, 0.25) is 17.7 Å². The van der Waals surface area contributed by atoms with Gasteiger partial charge in [0.15, 0.2) is 0 Å². The SMILES string of the molecule is CCCC(=O)N(Cc1ccc(-c2ccccc2S(=O)(=O)Nc2onc(C)c2C)cc1)C(C(=O)N(C)C)C(C)C. The predicted octanol–water partition coefficient (Wildman–Crippen LogP) is 5.00. The van der Waals surface area contributed by atoms with E-state index in [4.69, 9.17) is 4.52 Å². The maximum absolute atomic E-state index is 13.3. The molecule has 0 bridgehead atoms. The number of carbonyl (C=O) groups excluding carboxylic acids is 2. The van der Waals surface area contributed by atoms with E-state index < -0.39 is 16.1 Å². The average molecular weight is 555 g/mol. The van der Waals surface area contributed by atoms with Gasteiger partial charge in [0.1, 0.15) is 6.04 Å². The summed E-state index contributed by atoms with van der Waals surface area (Å²) in [6, 6.07) is 13.5. The number of hydrogen-bond acceptors (Lipinski definition) is 6. The number of nitrogens with one attached hydrogen (secondary N) is 1. The highest BCUT2D eigenvalue weighted by Gasteiger charge is 2.33. The highest BCUT2D eigenvalue weighted by molar-refractivity contribution is 7.92. The van der Waals surface area contributed by atoms with Crippen LogP contribution < -0.4 is 4.72 Å². The molecule has 3 rings (SSSR count). The van der Waals surface area contributed by atoms with E-state index in [0.717, 1.165) is 5.56 Å². The first kappa shape index (κ1) is 29.9. The van der Waals surface area contributed by atoms with Crippen molar-refractivity contribution in [3.05, 3.63) is 65.4 Å². The Morgan fingerprint density at radius 1 is 1.03 bits per heavy atom. The van der Waals surface area contributed by atoms with Gasteiger partial charge in [-0.2, -0.15) is 0 Å². The molecule has 0 saturated carbocycles. The Morgan fingerprint density at radius 2 is 1.67 bits per heavy atom. The molecule has 1 heterocycles. The van der Waals surface area contributed by atoms with Gasteiger partial charge in [0.25, 0.3) is 10.0 Å². The fourth-order valence-electron chi connectivity index (χ4n) is 4.36. The molecule has 10 heteroatoms. The van der Waals surface area contributed by atoms with Gasteiger partial charge in [-0.3, -0.25) is 9.59 Å². The molecule has 0 aliphatic carbocycles. The standard InChI is InChI=1S/C29H38N4O5S/c1-8-11-26(34)33(27(19(2)3)29(35)32(6)7)18-22-14-16-23(17-15-22)24-12-9-10-13-25(24)39(36,37)31-28-20(4)21(5)30-38-28/h9-10,12-17,19,27,31H,8,11,18H2,1-7H3. The second kappa shape index (κ2) is 12.5. The first-order valence-electron chi connectivity index (χ1n) is 13.0. The zero-order chi connectivity index (χ0) is 28.9. The lowest BCUT2D eigenvalue weighted by Gasteiger charge is -2.35. The number of hydrogen-bond donors (Lipinski definition) is 1. The molecular formula is C29H38N4O5S. The van der Waals surface area contributed by atoms with Crippen molar-refractivity contribution in [3.63, 3.8) is 0 Å². The van der Waals surface area contributed by atoms with Crippen molar-refractivity contribution in [2.24, 2.45) is 5.92 Å². The Hall–Kier alpha value is -3.66. The number of rotatable bonds is 11. The van der Waals surface area contributed by atoms with Crippen molar-refractivity contribution < 1.29 is 22.5 Å². The molecule has 0 aliphatic rings. The van der Waals surface area contributed by atoms with Crippen molar-refractivity contribution in [3.8, 4) is 11.1 Å². The fraction of sp³-hybridized carbons (Fsp3) is 0.414. The Balaban J connectivity index is 1.93. The molecule has 39 heavy (non-hydrogen) atoms. The summed E-state index contributed by atoms with van der Waals surface area (Å²) in [5.41, 5.74) is 3.28. The number of sulfonamides is 1. The van der Waals surface area contributed by atoms with Crippen LogP contribution in [0.4, 0.5) is 5.88 Å². The minimum Gasteiger partial charge on any atom is -0.347 e. The van der Waals surface area contributed by atoms with E-state index in [2.05, 4.69) is 9.88 Å². The molecular weight excluding hydrogens is 516 g/mol. The van der Waals surface area contributed by atoms with E-state index in [1.54, 1.807) is 51.0 Å². The van der Waals surface area contributed by atoms with Gasteiger partial charge in [0.05, 0.1) is 10.6 Å². The van der Waals surface area contributed by atoms with Crippen molar-refractivity contribution in [2.75, 3.05) is 18.8 Å². The Morgan fingerprint density at radius 3 is 2.21 bits per heavy atom. The Labute approximate surface area is 231 Å². The summed E-state index contributed by atoms with van der Waals surface area (Å²) in [5.74, 6) is -0.173. The summed E-state index contributed by atoms with van der Waals surface area (Å²) in [5, 5.41) is 3.82. The minimum absolute atomic E-state index is 0.0682. The molecule has 0 aliphatic heterocycles. The summed E-state index contributed by atoms with van der Waals surface area (Å²) in [7, 11) is -0.576. The normalized spacial score (nSPS) is 12.3. The number of benzene rings is 2. The van der Waals surface area contributed by atoms with Gasteiger partial charge < -0.3 is 14.3 Å². The molecule has 9 nitrogen and oxygen atoms in total. The molecule has 1 N–H and O–H groups in total. The van der Waals surface area contributed by atoms with Gasteiger partial charge in [-0.15, -0.1) is 0 Å². The van der Waals surface area contributed by atoms with Gasteiger partial charge in [-0.1, -0.05) is 68.4 Å². The van der Waals surface area contributed by atoms with Gasteiger partial charge in [-0.05, 0) is 43.4 Å². The largest absolute Gasteiger partial charge is 0.347 e. The number of amides is 2. The smallest absolute Gasteiger partial charge is 0.264 e. The number of nitrogens with zero attached hydrogens (tertiary/aromatic N) is 3. The second-order valence-electron chi connectivity index (χ2n) is 10.2. The fourth-order valence-corrected chi connectivity index (χ4v) is 5.63. The van der Waals surface area contributed by atoms with Crippen LogP contribution in [0.5, 0.6) is 0 Å². The average Bonchev–Trinajstić information content (AvgIpc) is 3.20. The van der Waals surface area contributed by atoms with Crippen molar-refractivity contribution in [1.29, 1.82) is 0 Å². The van der Waals surface area contributed by atoms with Crippen molar-refractivity contribution in [2.45, 2.75) is 64.9 Å². The predicted molar refractivity (Wildman–Crippen MR) is 151 cm³/mol. The topological polar surface area (TPSA) is 113 Å². The highest BCUT2D eigenvalue weighted by atomic mass is 32.2. The quantitative estimate of drug-likeness (QED) is 0.357. The third-order valence-electron chi connectivity index (χ3n) is 6.62. The molecule has 0 saturated heterocycles. The molecule has 1 atom stereocenters. The minimum atomic E-state index is -3.97. The van der Waals surface area contributed by atoms with E-state index in [9.17, 15) is 18.0 Å². The van der Waals surface area contributed by atoms with Crippen LogP contribution in [0.25, 0.3) is 11.1 Å². The van der Waals surface area contributed by atoms with Crippen LogP contribution in [-0.2, 0) is 26.2 Å². The first-order valence-corrected chi connectivity index (χ1v) is 14.5. The Kier molecular flexibility index (Phi) is 9.55. The number of anilines is 1. The molecule has 0 fully saturated rings. The van der Waals surface area contributed by atoms with Crippen LogP contribution in [-0.4, -0.2) is 55.3 Å². The summed E-state index contributed by atoms with van der Waals surface area (Å²) in [6.45, 7) is 9.56. The third kappa shape index (κ3) is 6.86. The van der Waals surface area contributed by atoms with Crippen LogP contribution >= 0.6 is 0 Å². The number of aryl methyl sites for hydroxylation is 1. The second-order valence-corrected chi connectivity index (χ2v) is 11.9. The molecule has 1 aromatic heterocycles. The van der Waals surface area contributed by atoms with Crippen molar-refractivity contribution in [1.82, 2.24) is 15.0 Å². The molecule has 1 unspecified atom stereocenters. The van der Waals surface area contributed by atoms with E-state index >= 15 is 0 Å². The van der Waals surface area contributed by atoms with Gasteiger partial charge in [-0.25, -0.2) is 13.1 Å².